The molecule has 0 amide bonds. The Balaban J connectivity index is 2.24. The largest absolute Gasteiger partial charge is 0.399 e. The molecule has 1 aromatic heterocycles. The van der Waals surface area contributed by atoms with Gasteiger partial charge in [-0.15, -0.1) is 11.3 Å². The van der Waals surface area contributed by atoms with E-state index in [-0.39, 0.29) is 9.92 Å². The summed E-state index contributed by atoms with van der Waals surface area (Å²) in [5.41, 5.74) is 5.99. The maximum Gasteiger partial charge on any atom is 0.242 e. The number of halogens is 1. The minimum absolute atomic E-state index is 0.0116. The van der Waals surface area contributed by atoms with Crippen LogP contribution in [0, 0.1) is 0 Å². The number of rotatable bonds is 5. The number of anilines is 1. The Kier molecular flexibility index (Phi) is 4.88. The van der Waals surface area contributed by atoms with Crippen molar-refractivity contribution in [1.29, 1.82) is 0 Å². The summed E-state index contributed by atoms with van der Waals surface area (Å²) in [6.07, 6.45) is 2.64. The summed E-state index contributed by atoms with van der Waals surface area (Å²) in [4.78, 5) is 5.36. The highest BCUT2D eigenvalue weighted by Gasteiger charge is 2.22. The van der Waals surface area contributed by atoms with Crippen LogP contribution in [0.3, 0.4) is 0 Å². The first-order valence-corrected chi connectivity index (χ1v) is 9.03. The van der Waals surface area contributed by atoms with Crippen LogP contribution in [0.25, 0.3) is 0 Å². The van der Waals surface area contributed by atoms with Crippen molar-refractivity contribution < 1.29 is 8.42 Å². The van der Waals surface area contributed by atoms with E-state index in [9.17, 15) is 8.42 Å². The number of nitrogen functional groups attached to an aromatic ring is 1. The van der Waals surface area contributed by atoms with Crippen molar-refractivity contribution in [3.8, 4) is 0 Å². The molecule has 1 unspecified atom stereocenters. The van der Waals surface area contributed by atoms with Crippen molar-refractivity contribution >= 4 is 38.6 Å². The fourth-order valence-corrected chi connectivity index (χ4v) is 4.46. The van der Waals surface area contributed by atoms with E-state index in [2.05, 4.69) is 9.71 Å². The van der Waals surface area contributed by atoms with E-state index >= 15 is 0 Å². The molecular formula is C13H16ClN3O2S2. The first kappa shape index (κ1) is 16.2. The van der Waals surface area contributed by atoms with E-state index in [0.29, 0.717) is 5.69 Å². The quantitative estimate of drug-likeness (QED) is 0.816. The van der Waals surface area contributed by atoms with E-state index in [1.54, 1.807) is 13.1 Å². The van der Waals surface area contributed by atoms with Gasteiger partial charge in [0.15, 0.2) is 0 Å². The lowest BCUT2D eigenvalue weighted by Gasteiger charge is -2.13. The summed E-state index contributed by atoms with van der Waals surface area (Å²) in [7, 11) is -3.72. The fraction of sp³-hybridized carbons (Fsp3) is 0.308. The topological polar surface area (TPSA) is 85.1 Å². The molecule has 0 saturated carbocycles. The average molecular weight is 346 g/mol. The third-order valence-electron chi connectivity index (χ3n) is 2.87. The van der Waals surface area contributed by atoms with Gasteiger partial charge in [0.2, 0.25) is 10.0 Å². The van der Waals surface area contributed by atoms with Crippen LogP contribution in [-0.2, 0) is 16.4 Å². The predicted octanol–water partition coefficient (Wildman–Crippen LogP) is 2.98. The molecule has 21 heavy (non-hydrogen) atoms. The van der Waals surface area contributed by atoms with E-state index in [1.807, 2.05) is 6.92 Å². The number of hydrogen-bond donors (Lipinski definition) is 2. The molecule has 2 aromatic rings. The van der Waals surface area contributed by atoms with Crippen molar-refractivity contribution in [3.63, 3.8) is 0 Å². The van der Waals surface area contributed by atoms with Crippen molar-refractivity contribution in [2.75, 3.05) is 5.73 Å². The molecule has 1 atom stereocenters. The molecule has 0 aliphatic rings. The van der Waals surface area contributed by atoms with Crippen LogP contribution in [0.5, 0.6) is 0 Å². The molecule has 0 aliphatic carbocycles. The molecule has 0 fully saturated rings. The van der Waals surface area contributed by atoms with Crippen LogP contribution in [-0.4, -0.2) is 13.4 Å². The number of nitrogens with zero attached hydrogens (tertiary/aromatic N) is 1. The maximum absolute atomic E-state index is 12.4. The van der Waals surface area contributed by atoms with Crippen molar-refractivity contribution in [2.45, 2.75) is 31.2 Å². The number of nitrogens with one attached hydrogen (secondary N) is 1. The molecule has 1 aromatic carbocycles. The van der Waals surface area contributed by atoms with Crippen molar-refractivity contribution in [3.05, 3.63) is 39.3 Å². The Labute approximate surface area is 133 Å². The summed E-state index contributed by atoms with van der Waals surface area (Å²) < 4.78 is 27.3. The SMILES string of the molecule is CCc1cnc(C(C)NS(=O)(=O)c2ccc(N)cc2Cl)s1. The highest BCUT2D eigenvalue weighted by molar-refractivity contribution is 7.89. The summed E-state index contributed by atoms with van der Waals surface area (Å²) in [6.45, 7) is 3.78. The van der Waals surface area contributed by atoms with E-state index in [1.165, 1.54) is 29.5 Å². The lowest BCUT2D eigenvalue weighted by molar-refractivity contribution is 0.566. The van der Waals surface area contributed by atoms with E-state index < -0.39 is 16.1 Å². The second-order valence-electron chi connectivity index (χ2n) is 4.55. The van der Waals surface area contributed by atoms with Gasteiger partial charge in [0, 0.05) is 16.8 Å². The van der Waals surface area contributed by atoms with Gasteiger partial charge in [-0.25, -0.2) is 18.1 Å². The van der Waals surface area contributed by atoms with Crippen molar-refractivity contribution in [1.82, 2.24) is 9.71 Å². The summed E-state index contributed by atoms with van der Waals surface area (Å²) in [5.74, 6) is 0. The molecular weight excluding hydrogens is 330 g/mol. The maximum atomic E-state index is 12.4. The van der Waals surface area contributed by atoms with E-state index in [4.69, 9.17) is 17.3 Å². The van der Waals surface area contributed by atoms with Gasteiger partial charge in [0.1, 0.15) is 9.90 Å². The number of aryl methyl sites for hydroxylation is 1. The minimum Gasteiger partial charge on any atom is -0.399 e. The third-order valence-corrected chi connectivity index (χ3v) is 6.22. The Hall–Kier alpha value is -1.15. The minimum atomic E-state index is -3.72. The summed E-state index contributed by atoms with van der Waals surface area (Å²) in [5, 5.41) is 0.824. The van der Waals surface area contributed by atoms with Gasteiger partial charge in [-0.05, 0) is 31.5 Å². The smallest absolute Gasteiger partial charge is 0.242 e. The van der Waals surface area contributed by atoms with Gasteiger partial charge in [0.25, 0.3) is 0 Å². The van der Waals surface area contributed by atoms with Crippen LogP contribution >= 0.6 is 22.9 Å². The first-order chi connectivity index (χ1) is 9.83. The van der Waals surface area contributed by atoms with Crippen LogP contribution in [0.4, 0.5) is 5.69 Å². The lowest BCUT2D eigenvalue weighted by atomic mass is 10.3. The van der Waals surface area contributed by atoms with Gasteiger partial charge in [0.05, 0.1) is 11.1 Å². The standard InChI is InChI=1S/C13H16ClN3O2S2/c1-3-10-7-16-13(20-10)8(2)17-21(18,19)12-5-4-9(15)6-11(12)14/h4-8,17H,3,15H2,1-2H3. The number of nitrogens with two attached hydrogens (primary N) is 1. The molecule has 0 aliphatic heterocycles. The van der Waals surface area contributed by atoms with Gasteiger partial charge in [-0.2, -0.15) is 0 Å². The Morgan fingerprint density at radius 3 is 2.76 bits per heavy atom. The Morgan fingerprint density at radius 2 is 2.19 bits per heavy atom. The Morgan fingerprint density at radius 1 is 1.48 bits per heavy atom. The molecule has 0 radical (unpaired) electrons. The molecule has 0 bridgehead atoms. The van der Waals surface area contributed by atoms with Crippen molar-refractivity contribution in [2.24, 2.45) is 0 Å². The monoisotopic (exact) mass is 345 g/mol. The molecule has 114 valence electrons. The second kappa shape index (κ2) is 6.31. The zero-order chi connectivity index (χ0) is 15.6. The van der Waals surface area contributed by atoms with Crippen LogP contribution in [0.2, 0.25) is 5.02 Å². The number of thiazole rings is 1. The van der Waals surface area contributed by atoms with Gasteiger partial charge in [-0.3, -0.25) is 0 Å². The predicted molar refractivity (Wildman–Crippen MR) is 86.1 cm³/mol. The zero-order valence-corrected chi connectivity index (χ0v) is 14.0. The van der Waals surface area contributed by atoms with Crippen LogP contribution in [0.15, 0.2) is 29.3 Å². The van der Waals surface area contributed by atoms with Crippen LogP contribution in [0.1, 0.15) is 29.8 Å². The van der Waals surface area contributed by atoms with Gasteiger partial charge < -0.3 is 5.73 Å². The van der Waals surface area contributed by atoms with Gasteiger partial charge in [-0.1, -0.05) is 18.5 Å². The lowest BCUT2D eigenvalue weighted by Crippen LogP contribution is -2.27. The van der Waals surface area contributed by atoms with E-state index in [0.717, 1.165) is 16.3 Å². The summed E-state index contributed by atoms with van der Waals surface area (Å²) >= 11 is 7.45. The zero-order valence-electron chi connectivity index (χ0n) is 11.6. The van der Waals surface area contributed by atoms with Crippen LogP contribution < -0.4 is 10.5 Å². The molecule has 8 heteroatoms. The molecule has 5 nitrogen and oxygen atoms in total. The number of benzene rings is 1. The first-order valence-electron chi connectivity index (χ1n) is 6.35. The highest BCUT2D eigenvalue weighted by atomic mass is 35.5. The number of hydrogen-bond acceptors (Lipinski definition) is 5. The fourth-order valence-electron chi connectivity index (χ4n) is 1.77. The summed E-state index contributed by atoms with van der Waals surface area (Å²) in [6, 6.07) is 3.89. The van der Waals surface area contributed by atoms with Gasteiger partial charge >= 0.3 is 0 Å². The molecule has 3 N–H and O–H groups in total. The molecule has 1 heterocycles. The second-order valence-corrected chi connectivity index (χ2v) is 7.79. The number of aromatic nitrogens is 1. The number of sulfonamides is 1. The third kappa shape index (κ3) is 3.74. The average Bonchev–Trinajstić information content (AvgIpc) is 2.86. The molecule has 2 rings (SSSR count). The normalized spacial score (nSPS) is 13.3. The molecule has 0 spiro atoms. The Bertz CT molecular complexity index is 744. The molecule has 0 saturated heterocycles. The highest BCUT2D eigenvalue weighted by Crippen LogP contribution is 2.26.